The highest BCUT2D eigenvalue weighted by atomic mass is 32.2. The van der Waals surface area contributed by atoms with Crippen LogP contribution in [0.25, 0.3) is 11.4 Å². The van der Waals surface area contributed by atoms with Crippen molar-refractivity contribution in [3.63, 3.8) is 0 Å². The summed E-state index contributed by atoms with van der Waals surface area (Å²) in [7, 11) is 0. The van der Waals surface area contributed by atoms with Gasteiger partial charge in [0.2, 0.25) is 17.6 Å². The van der Waals surface area contributed by atoms with Crippen LogP contribution in [-0.2, 0) is 17.1 Å². The number of primary amides is 1. The summed E-state index contributed by atoms with van der Waals surface area (Å²) in [4.78, 5) is 25.6. The van der Waals surface area contributed by atoms with Gasteiger partial charge in [0.25, 0.3) is 0 Å². The molecule has 0 radical (unpaired) electrons. The van der Waals surface area contributed by atoms with E-state index in [1.165, 1.54) is 9.67 Å². The number of thiophene rings is 1. The highest BCUT2D eigenvalue weighted by Gasteiger charge is 2.10. The molecule has 0 saturated heterocycles. The maximum absolute atomic E-state index is 12.0. The molecular formula is C17H18N6O2S2. The van der Waals surface area contributed by atoms with Crippen molar-refractivity contribution in [3.05, 3.63) is 52.2 Å². The lowest BCUT2D eigenvalue weighted by Gasteiger charge is -2.04. The summed E-state index contributed by atoms with van der Waals surface area (Å²) in [5.41, 5.74) is 6.31. The highest BCUT2D eigenvalue weighted by Crippen LogP contribution is 2.16. The zero-order chi connectivity index (χ0) is 19.1. The second kappa shape index (κ2) is 9.28. The van der Waals surface area contributed by atoms with Gasteiger partial charge in [-0.25, -0.2) is 0 Å². The first-order valence-electron chi connectivity index (χ1n) is 8.16. The monoisotopic (exact) mass is 402 g/mol. The van der Waals surface area contributed by atoms with E-state index in [9.17, 15) is 9.59 Å². The number of benzene rings is 1. The molecule has 3 N–H and O–H groups in total. The van der Waals surface area contributed by atoms with E-state index in [0.29, 0.717) is 23.5 Å². The van der Waals surface area contributed by atoms with Crippen molar-refractivity contribution in [1.29, 1.82) is 0 Å². The normalized spacial score (nSPS) is 10.7. The molecule has 3 rings (SSSR count). The van der Waals surface area contributed by atoms with E-state index in [4.69, 9.17) is 5.73 Å². The maximum atomic E-state index is 12.0. The average molecular weight is 403 g/mol. The molecule has 140 valence electrons. The van der Waals surface area contributed by atoms with Gasteiger partial charge < -0.3 is 11.1 Å². The molecule has 0 aliphatic carbocycles. The van der Waals surface area contributed by atoms with Crippen molar-refractivity contribution in [2.24, 2.45) is 5.73 Å². The topological polar surface area (TPSA) is 116 Å². The Hall–Kier alpha value is -2.72. The van der Waals surface area contributed by atoms with Gasteiger partial charge in [0.05, 0.1) is 0 Å². The van der Waals surface area contributed by atoms with Gasteiger partial charge in [-0.15, -0.1) is 21.5 Å². The van der Waals surface area contributed by atoms with Crippen molar-refractivity contribution < 1.29 is 9.59 Å². The van der Waals surface area contributed by atoms with Crippen LogP contribution in [0.15, 0.2) is 41.8 Å². The van der Waals surface area contributed by atoms with Gasteiger partial charge in [-0.05, 0) is 28.8 Å². The summed E-state index contributed by atoms with van der Waals surface area (Å²) < 4.78 is 0. The fraction of sp³-hybridized carbons (Fsp3) is 0.235. The molecule has 10 heteroatoms. The number of nitrogens with two attached hydrogens (primary N) is 1. The highest BCUT2D eigenvalue weighted by molar-refractivity contribution is 7.98. The third-order valence-electron chi connectivity index (χ3n) is 3.56. The quantitative estimate of drug-likeness (QED) is 0.525. The summed E-state index contributed by atoms with van der Waals surface area (Å²) in [6.07, 6.45) is 0. The van der Waals surface area contributed by atoms with Crippen LogP contribution in [0.3, 0.4) is 0 Å². The predicted octanol–water partition coefficient (Wildman–Crippen LogP) is 1.55. The minimum absolute atomic E-state index is 0.00195. The molecule has 8 nitrogen and oxygen atoms in total. The Bertz CT molecular complexity index is 893. The van der Waals surface area contributed by atoms with Crippen LogP contribution in [0.1, 0.15) is 15.2 Å². The number of hydrogen-bond donors (Lipinski definition) is 2. The largest absolute Gasteiger partial charge is 0.366 e. The summed E-state index contributed by atoms with van der Waals surface area (Å²) in [5.74, 6) is 1.51. The number of rotatable bonds is 9. The van der Waals surface area contributed by atoms with Crippen LogP contribution >= 0.6 is 23.1 Å². The average Bonchev–Trinajstić information content (AvgIpc) is 3.33. The first kappa shape index (κ1) is 19.1. The van der Waals surface area contributed by atoms with E-state index in [2.05, 4.69) is 32.2 Å². The molecule has 0 saturated carbocycles. The Morgan fingerprint density at radius 2 is 2.04 bits per heavy atom. The Morgan fingerprint density at radius 3 is 2.74 bits per heavy atom. The summed E-state index contributed by atoms with van der Waals surface area (Å²) in [6.45, 7) is 0.590. The molecule has 0 atom stereocenters. The molecule has 0 spiro atoms. The molecule has 27 heavy (non-hydrogen) atoms. The van der Waals surface area contributed by atoms with Crippen LogP contribution in [0.5, 0.6) is 0 Å². The molecule has 1 aromatic carbocycles. The SMILES string of the molecule is NC(=O)c1ccc(-c2nnn(CC(=O)NCCSCc3cccs3)n2)cc1. The molecular weight excluding hydrogens is 384 g/mol. The smallest absolute Gasteiger partial charge is 0.248 e. The number of nitrogens with zero attached hydrogens (tertiary/aromatic N) is 4. The van der Waals surface area contributed by atoms with Crippen molar-refractivity contribution >= 4 is 34.9 Å². The first-order chi connectivity index (χ1) is 13.1. The van der Waals surface area contributed by atoms with E-state index in [1.807, 2.05) is 6.07 Å². The minimum atomic E-state index is -0.497. The van der Waals surface area contributed by atoms with Gasteiger partial charge in [-0.1, -0.05) is 18.2 Å². The fourth-order valence-corrected chi connectivity index (χ4v) is 3.92. The summed E-state index contributed by atoms with van der Waals surface area (Å²) in [6, 6.07) is 10.7. The molecule has 2 aromatic heterocycles. The number of carbonyl (C=O) groups is 2. The lowest BCUT2D eigenvalue weighted by atomic mass is 10.1. The van der Waals surface area contributed by atoms with Gasteiger partial charge >= 0.3 is 0 Å². The van der Waals surface area contributed by atoms with Crippen molar-refractivity contribution in [3.8, 4) is 11.4 Å². The fourth-order valence-electron chi connectivity index (χ4n) is 2.22. The van der Waals surface area contributed by atoms with Gasteiger partial charge in [0.15, 0.2) is 0 Å². The molecule has 3 aromatic rings. The van der Waals surface area contributed by atoms with E-state index in [1.54, 1.807) is 47.4 Å². The van der Waals surface area contributed by atoms with E-state index in [-0.39, 0.29) is 12.5 Å². The molecule has 2 amide bonds. The molecule has 0 bridgehead atoms. The third-order valence-corrected chi connectivity index (χ3v) is 5.63. The Morgan fingerprint density at radius 1 is 1.22 bits per heavy atom. The lowest BCUT2D eigenvalue weighted by molar-refractivity contribution is -0.121. The summed E-state index contributed by atoms with van der Waals surface area (Å²) >= 11 is 3.51. The van der Waals surface area contributed by atoms with E-state index >= 15 is 0 Å². The van der Waals surface area contributed by atoms with Crippen LogP contribution in [0.2, 0.25) is 0 Å². The van der Waals surface area contributed by atoms with Gasteiger partial charge in [0, 0.05) is 34.1 Å². The van der Waals surface area contributed by atoms with E-state index < -0.39 is 5.91 Å². The Labute approximate surface area is 164 Å². The second-order valence-corrected chi connectivity index (χ2v) is 7.70. The lowest BCUT2D eigenvalue weighted by Crippen LogP contribution is -2.30. The van der Waals surface area contributed by atoms with Crippen molar-refractivity contribution in [1.82, 2.24) is 25.5 Å². The number of tetrazole rings is 1. The van der Waals surface area contributed by atoms with Crippen molar-refractivity contribution in [2.45, 2.75) is 12.3 Å². The Kier molecular flexibility index (Phi) is 6.55. The first-order valence-corrected chi connectivity index (χ1v) is 10.2. The van der Waals surface area contributed by atoms with Crippen LogP contribution in [-0.4, -0.2) is 44.3 Å². The molecule has 0 aliphatic heterocycles. The molecule has 0 unspecified atom stereocenters. The minimum Gasteiger partial charge on any atom is -0.366 e. The predicted molar refractivity (Wildman–Crippen MR) is 105 cm³/mol. The molecule has 0 aliphatic rings. The second-order valence-electron chi connectivity index (χ2n) is 5.57. The van der Waals surface area contributed by atoms with Gasteiger partial charge in [-0.2, -0.15) is 16.6 Å². The molecule has 0 fully saturated rings. The zero-order valence-corrected chi connectivity index (χ0v) is 16.0. The standard InChI is InChI=1S/C17H18N6O2S2/c18-16(25)12-3-5-13(6-4-12)17-20-22-23(21-17)10-15(24)19-7-9-26-11-14-2-1-8-27-14/h1-6,8H,7,9-11H2,(H2,18,25)(H,19,24). The number of hydrogen-bond acceptors (Lipinski definition) is 7. The van der Waals surface area contributed by atoms with Gasteiger partial charge in [-0.3, -0.25) is 9.59 Å². The van der Waals surface area contributed by atoms with Crippen LogP contribution in [0, 0.1) is 0 Å². The van der Waals surface area contributed by atoms with Crippen molar-refractivity contribution in [2.75, 3.05) is 12.3 Å². The van der Waals surface area contributed by atoms with E-state index in [0.717, 1.165) is 11.5 Å². The number of carbonyl (C=O) groups excluding carboxylic acids is 2. The number of nitrogens with one attached hydrogen (secondary N) is 1. The van der Waals surface area contributed by atoms with Crippen LogP contribution < -0.4 is 11.1 Å². The van der Waals surface area contributed by atoms with Gasteiger partial charge in [0.1, 0.15) is 6.54 Å². The number of amides is 2. The summed E-state index contributed by atoms with van der Waals surface area (Å²) in [5, 5.41) is 16.9. The maximum Gasteiger partial charge on any atom is 0.248 e. The Balaban J connectivity index is 1.42. The molecule has 2 heterocycles. The number of thioether (sulfide) groups is 1. The number of aromatic nitrogens is 4. The zero-order valence-electron chi connectivity index (χ0n) is 14.4. The third kappa shape index (κ3) is 5.63. The van der Waals surface area contributed by atoms with Crippen LogP contribution in [0.4, 0.5) is 0 Å².